The van der Waals surface area contributed by atoms with E-state index in [1.54, 1.807) is 0 Å². The molecule has 108 valence electrons. The highest BCUT2D eigenvalue weighted by Crippen LogP contribution is 2.21. The van der Waals surface area contributed by atoms with Crippen molar-refractivity contribution >= 4 is 0 Å². The molecule has 0 fully saturated rings. The van der Waals surface area contributed by atoms with E-state index in [4.69, 9.17) is 10.3 Å². The van der Waals surface area contributed by atoms with Crippen LogP contribution >= 0.6 is 0 Å². The highest BCUT2D eigenvalue weighted by Gasteiger charge is 2.20. The van der Waals surface area contributed by atoms with Crippen LogP contribution in [0, 0.1) is 19.8 Å². The summed E-state index contributed by atoms with van der Waals surface area (Å²) in [6.07, 6.45) is 1.67. The van der Waals surface area contributed by atoms with Gasteiger partial charge < -0.3 is 10.3 Å². The van der Waals surface area contributed by atoms with Crippen molar-refractivity contribution < 1.29 is 4.52 Å². The SMILES string of the molecule is CC[C@H](C)[C@H](N)c1nc(Cc2ccc(C)c(C)c2)no1. The fraction of sp³-hybridized carbons (Fsp3) is 0.500. The number of benzene rings is 1. The van der Waals surface area contributed by atoms with Crippen LogP contribution in [0.5, 0.6) is 0 Å². The van der Waals surface area contributed by atoms with Crippen LogP contribution in [0.1, 0.15) is 54.7 Å². The van der Waals surface area contributed by atoms with Gasteiger partial charge in [-0.25, -0.2) is 0 Å². The molecule has 1 aromatic carbocycles. The van der Waals surface area contributed by atoms with E-state index >= 15 is 0 Å². The van der Waals surface area contributed by atoms with Gasteiger partial charge >= 0.3 is 0 Å². The van der Waals surface area contributed by atoms with E-state index < -0.39 is 0 Å². The number of nitrogens with two attached hydrogens (primary N) is 1. The Balaban J connectivity index is 2.11. The molecule has 20 heavy (non-hydrogen) atoms. The Morgan fingerprint density at radius 1 is 1.25 bits per heavy atom. The van der Waals surface area contributed by atoms with Crippen LogP contribution in [-0.2, 0) is 6.42 Å². The van der Waals surface area contributed by atoms with Crippen molar-refractivity contribution in [3.05, 3.63) is 46.6 Å². The molecule has 4 nitrogen and oxygen atoms in total. The topological polar surface area (TPSA) is 64.9 Å². The molecule has 0 spiro atoms. The number of aromatic nitrogens is 2. The molecule has 2 rings (SSSR count). The van der Waals surface area contributed by atoms with Gasteiger partial charge in [0.25, 0.3) is 0 Å². The minimum Gasteiger partial charge on any atom is -0.338 e. The minimum absolute atomic E-state index is 0.180. The van der Waals surface area contributed by atoms with Crippen molar-refractivity contribution in [3.63, 3.8) is 0 Å². The highest BCUT2D eigenvalue weighted by molar-refractivity contribution is 5.31. The molecule has 2 atom stereocenters. The van der Waals surface area contributed by atoms with Crippen molar-refractivity contribution in [2.75, 3.05) is 0 Å². The predicted octanol–water partition coefficient (Wildman–Crippen LogP) is 3.32. The Hall–Kier alpha value is -1.68. The fourth-order valence-corrected chi connectivity index (χ4v) is 2.07. The lowest BCUT2D eigenvalue weighted by Crippen LogP contribution is -2.18. The van der Waals surface area contributed by atoms with Crippen LogP contribution in [0.4, 0.5) is 0 Å². The van der Waals surface area contributed by atoms with Gasteiger partial charge in [0.2, 0.25) is 5.89 Å². The first-order chi connectivity index (χ1) is 9.51. The first-order valence-corrected chi connectivity index (χ1v) is 7.15. The van der Waals surface area contributed by atoms with Gasteiger partial charge in [-0.15, -0.1) is 0 Å². The lowest BCUT2D eigenvalue weighted by Gasteiger charge is -2.12. The Morgan fingerprint density at radius 3 is 2.65 bits per heavy atom. The van der Waals surface area contributed by atoms with E-state index in [1.165, 1.54) is 16.7 Å². The van der Waals surface area contributed by atoms with Gasteiger partial charge in [-0.05, 0) is 36.5 Å². The second kappa shape index (κ2) is 6.18. The summed E-state index contributed by atoms with van der Waals surface area (Å²) in [7, 11) is 0. The molecule has 0 bridgehead atoms. The highest BCUT2D eigenvalue weighted by atomic mass is 16.5. The summed E-state index contributed by atoms with van der Waals surface area (Å²) in [5.41, 5.74) is 9.87. The molecule has 2 aromatic rings. The molecule has 0 radical (unpaired) electrons. The fourth-order valence-electron chi connectivity index (χ4n) is 2.07. The van der Waals surface area contributed by atoms with Gasteiger partial charge in [-0.1, -0.05) is 43.6 Å². The monoisotopic (exact) mass is 273 g/mol. The summed E-state index contributed by atoms with van der Waals surface area (Å²) in [5, 5.41) is 4.04. The Bertz CT molecular complexity index is 577. The first-order valence-electron chi connectivity index (χ1n) is 7.15. The molecular weight excluding hydrogens is 250 g/mol. The average Bonchev–Trinajstić information content (AvgIpc) is 2.89. The molecule has 1 aromatic heterocycles. The smallest absolute Gasteiger partial charge is 0.243 e. The first kappa shape index (κ1) is 14.7. The molecule has 2 N–H and O–H groups in total. The van der Waals surface area contributed by atoms with Crippen molar-refractivity contribution in [2.24, 2.45) is 11.7 Å². The summed E-state index contributed by atoms with van der Waals surface area (Å²) in [6, 6.07) is 6.21. The summed E-state index contributed by atoms with van der Waals surface area (Å²) in [4.78, 5) is 4.42. The van der Waals surface area contributed by atoms with Gasteiger partial charge in [-0.3, -0.25) is 0 Å². The second-order valence-electron chi connectivity index (χ2n) is 5.56. The Labute approximate surface area is 120 Å². The van der Waals surface area contributed by atoms with Crippen molar-refractivity contribution in [1.29, 1.82) is 0 Å². The zero-order valence-corrected chi connectivity index (χ0v) is 12.7. The average molecular weight is 273 g/mol. The van der Waals surface area contributed by atoms with Crippen molar-refractivity contribution in [1.82, 2.24) is 10.1 Å². The van der Waals surface area contributed by atoms with Crippen LogP contribution in [0.3, 0.4) is 0 Å². The lowest BCUT2D eigenvalue weighted by molar-refractivity contribution is 0.310. The molecule has 0 aliphatic carbocycles. The molecule has 1 heterocycles. The Kier molecular flexibility index (Phi) is 4.55. The summed E-state index contributed by atoms with van der Waals surface area (Å²) >= 11 is 0. The number of hydrogen-bond acceptors (Lipinski definition) is 4. The van der Waals surface area contributed by atoms with Gasteiger partial charge in [-0.2, -0.15) is 4.98 Å². The number of hydrogen-bond donors (Lipinski definition) is 1. The molecule has 4 heteroatoms. The molecule has 0 unspecified atom stereocenters. The van der Waals surface area contributed by atoms with E-state index in [0.717, 1.165) is 6.42 Å². The number of nitrogens with zero attached hydrogens (tertiary/aromatic N) is 2. The van der Waals surface area contributed by atoms with Gasteiger partial charge in [0, 0.05) is 6.42 Å². The normalized spacial score (nSPS) is 14.2. The molecule has 0 aliphatic rings. The summed E-state index contributed by atoms with van der Waals surface area (Å²) in [5.74, 6) is 1.57. The van der Waals surface area contributed by atoms with E-state index in [0.29, 0.717) is 24.1 Å². The van der Waals surface area contributed by atoms with E-state index in [2.05, 4.69) is 56.0 Å². The quantitative estimate of drug-likeness (QED) is 0.907. The van der Waals surface area contributed by atoms with Crippen LogP contribution in [0.25, 0.3) is 0 Å². The zero-order chi connectivity index (χ0) is 14.7. The van der Waals surface area contributed by atoms with Crippen LogP contribution in [-0.4, -0.2) is 10.1 Å². The summed E-state index contributed by atoms with van der Waals surface area (Å²) in [6.45, 7) is 8.42. The van der Waals surface area contributed by atoms with Crippen LogP contribution < -0.4 is 5.73 Å². The maximum absolute atomic E-state index is 6.10. The largest absolute Gasteiger partial charge is 0.338 e. The third-order valence-electron chi connectivity index (χ3n) is 3.96. The van der Waals surface area contributed by atoms with Crippen molar-refractivity contribution in [2.45, 2.75) is 46.6 Å². The predicted molar refractivity (Wildman–Crippen MR) is 79.4 cm³/mol. The molecule has 0 amide bonds. The summed E-state index contributed by atoms with van der Waals surface area (Å²) < 4.78 is 5.29. The zero-order valence-electron chi connectivity index (χ0n) is 12.7. The molecule has 0 saturated carbocycles. The van der Waals surface area contributed by atoms with E-state index in [1.807, 2.05) is 0 Å². The van der Waals surface area contributed by atoms with Gasteiger partial charge in [0.1, 0.15) is 0 Å². The minimum atomic E-state index is -0.180. The van der Waals surface area contributed by atoms with E-state index in [-0.39, 0.29) is 6.04 Å². The standard InChI is InChI=1S/C16H23N3O/c1-5-10(2)15(17)16-18-14(19-20-16)9-13-7-6-11(3)12(4)8-13/h6-8,10,15H,5,9,17H2,1-4H3/t10-,15-/m0/s1. The second-order valence-corrected chi connectivity index (χ2v) is 5.56. The van der Waals surface area contributed by atoms with E-state index in [9.17, 15) is 0 Å². The number of rotatable bonds is 5. The third kappa shape index (κ3) is 3.25. The maximum atomic E-state index is 6.10. The van der Waals surface area contributed by atoms with Crippen LogP contribution in [0.2, 0.25) is 0 Å². The maximum Gasteiger partial charge on any atom is 0.243 e. The molecular formula is C16H23N3O. The lowest BCUT2D eigenvalue weighted by atomic mass is 10.0. The molecule has 0 aliphatic heterocycles. The van der Waals surface area contributed by atoms with Gasteiger partial charge in [0.15, 0.2) is 5.82 Å². The van der Waals surface area contributed by atoms with Gasteiger partial charge in [0.05, 0.1) is 6.04 Å². The van der Waals surface area contributed by atoms with Crippen molar-refractivity contribution in [3.8, 4) is 0 Å². The third-order valence-corrected chi connectivity index (χ3v) is 3.96. The Morgan fingerprint density at radius 2 is 2.00 bits per heavy atom. The van der Waals surface area contributed by atoms with Crippen LogP contribution in [0.15, 0.2) is 22.7 Å². The number of aryl methyl sites for hydroxylation is 2. The molecule has 0 saturated heterocycles.